The molecule has 0 bridgehead atoms. The van der Waals surface area contributed by atoms with Gasteiger partial charge >= 0.3 is 0 Å². The smallest absolute Gasteiger partial charge is 0.0101 e. The molecule has 1 N–H and O–H groups in total. The molecule has 0 radical (unpaired) electrons. The molecule has 3 heteroatoms. The predicted molar refractivity (Wildman–Crippen MR) is 73.0 cm³/mol. The van der Waals surface area contributed by atoms with Crippen molar-refractivity contribution in [3.05, 3.63) is 0 Å². The number of rotatable bonds is 10. The first-order valence-corrected chi connectivity index (χ1v) is 6.70. The molecule has 98 valence electrons. The lowest BCUT2D eigenvalue weighted by atomic mass is 10.1. The molecule has 0 amide bonds. The third-order valence-electron chi connectivity index (χ3n) is 3.06. The molecule has 0 spiro atoms. The maximum absolute atomic E-state index is 3.56. The van der Waals surface area contributed by atoms with Gasteiger partial charge in [0.25, 0.3) is 0 Å². The highest BCUT2D eigenvalue weighted by atomic mass is 15.1. The summed E-state index contributed by atoms with van der Waals surface area (Å²) in [5.41, 5.74) is 0. The lowest BCUT2D eigenvalue weighted by Crippen LogP contribution is -2.33. The predicted octanol–water partition coefficient (Wildman–Crippen LogP) is 1.65. The van der Waals surface area contributed by atoms with Gasteiger partial charge in [0, 0.05) is 19.1 Å². The van der Waals surface area contributed by atoms with Crippen molar-refractivity contribution < 1.29 is 0 Å². The van der Waals surface area contributed by atoms with Gasteiger partial charge in [-0.2, -0.15) is 0 Å². The minimum absolute atomic E-state index is 0.649. The summed E-state index contributed by atoms with van der Waals surface area (Å²) < 4.78 is 0. The average molecular weight is 229 g/mol. The van der Waals surface area contributed by atoms with Gasteiger partial charge in [0.15, 0.2) is 0 Å². The van der Waals surface area contributed by atoms with Gasteiger partial charge in [-0.05, 0) is 53.5 Å². The van der Waals surface area contributed by atoms with Gasteiger partial charge in [-0.25, -0.2) is 0 Å². The highest BCUT2D eigenvalue weighted by Gasteiger charge is 2.03. The molecule has 0 saturated carbocycles. The SMILES string of the molecule is CCN(CC)CCCC(C)NCCN(C)C. The molecule has 0 aliphatic carbocycles. The molecule has 3 nitrogen and oxygen atoms in total. The Bertz CT molecular complexity index is 144. The van der Waals surface area contributed by atoms with Crippen molar-refractivity contribution in [3.8, 4) is 0 Å². The second-order valence-corrected chi connectivity index (χ2v) is 4.83. The summed E-state index contributed by atoms with van der Waals surface area (Å²) in [4.78, 5) is 4.71. The molecule has 0 aromatic rings. The monoisotopic (exact) mass is 229 g/mol. The Morgan fingerprint density at radius 1 is 1.06 bits per heavy atom. The zero-order chi connectivity index (χ0) is 12.4. The molecule has 16 heavy (non-hydrogen) atoms. The largest absolute Gasteiger partial charge is 0.313 e. The van der Waals surface area contributed by atoms with Crippen molar-refractivity contribution in [1.82, 2.24) is 15.1 Å². The van der Waals surface area contributed by atoms with Crippen LogP contribution in [0.25, 0.3) is 0 Å². The number of hydrogen-bond acceptors (Lipinski definition) is 3. The summed E-state index contributed by atoms with van der Waals surface area (Å²) >= 11 is 0. The standard InChI is InChI=1S/C13H31N3/c1-6-16(7-2)11-8-9-13(3)14-10-12-15(4)5/h13-14H,6-12H2,1-5H3. The van der Waals surface area contributed by atoms with Gasteiger partial charge < -0.3 is 15.1 Å². The Morgan fingerprint density at radius 3 is 2.19 bits per heavy atom. The molecule has 0 heterocycles. The first-order valence-electron chi connectivity index (χ1n) is 6.70. The highest BCUT2D eigenvalue weighted by molar-refractivity contribution is 4.63. The number of hydrogen-bond donors (Lipinski definition) is 1. The van der Waals surface area contributed by atoms with Crippen LogP contribution in [0.5, 0.6) is 0 Å². The molecule has 0 aliphatic heterocycles. The normalized spacial score (nSPS) is 13.7. The molecular weight excluding hydrogens is 198 g/mol. The van der Waals surface area contributed by atoms with Crippen molar-refractivity contribution in [2.24, 2.45) is 0 Å². The van der Waals surface area contributed by atoms with Gasteiger partial charge in [-0.3, -0.25) is 0 Å². The van der Waals surface area contributed by atoms with E-state index in [1.54, 1.807) is 0 Å². The van der Waals surface area contributed by atoms with Crippen molar-refractivity contribution in [2.45, 2.75) is 39.7 Å². The summed E-state index contributed by atoms with van der Waals surface area (Å²) in [5, 5.41) is 3.56. The van der Waals surface area contributed by atoms with Crippen molar-refractivity contribution in [2.75, 3.05) is 46.8 Å². The van der Waals surface area contributed by atoms with Crippen LogP contribution in [0.1, 0.15) is 33.6 Å². The first-order chi connectivity index (χ1) is 7.60. The highest BCUT2D eigenvalue weighted by Crippen LogP contribution is 1.99. The van der Waals surface area contributed by atoms with Crippen LogP contribution in [0.15, 0.2) is 0 Å². The van der Waals surface area contributed by atoms with Gasteiger partial charge in [0.2, 0.25) is 0 Å². The summed E-state index contributed by atoms with van der Waals surface area (Å²) in [6.07, 6.45) is 2.59. The fourth-order valence-electron chi connectivity index (χ4n) is 1.80. The van der Waals surface area contributed by atoms with Gasteiger partial charge in [-0.1, -0.05) is 13.8 Å². The summed E-state index contributed by atoms with van der Waals surface area (Å²) in [6.45, 7) is 12.6. The van der Waals surface area contributed by atoms with Crippen LogP contribution < -0.4 is 5.32 Å². The van der Waals surface area contributed by atoms with Crippen LogP contribution in [0.3, 0.4) is 0 Å². The molecule has 0 aromatic heterocycles. The fourth-order valence-corrected chi connectivity index (χ4v) is 1.80. The van der Waals surface area contributed by atoms with Gasteiger partial charge in [-0.15, -0.1) is 0 Å². The van der Waals surface area contributed by atoms with Crippen LogP contribution in [0.4, 0.5) is 0 Å². The van der Waals surface area contributed by atoms with E-state index in [0.717, 1.165) is 13.1 Å². The molecule has 0 aliphatic rings. The maximum atomic E-state index is 3.56. The summed E-state index contributed by atoms with van der Waals surface area (Å²) in [7, 11) is 4.24. The quantitative estimate of drug-likeness (QED) is 0.614. The summed E-state index contributed by atoms with van der Waals surface area (Å²) in [6, 6.07) is 0.649. The molecule has 0 aromatic carbocycles. The van der Waals surface area contributed by atoms with E-state index in [1.165, 1.54) is 32.5 Å². The number of likely N-dealkylation sites (N-methyl/N-ethyl adjacent to an activating group) is 1. The Morgan fingerprint density at radius 2 is 1.69 bits per heavy atom. The van der Waals surface area contributed by atoms with E-state index >= 15 is 0 Å². The lowest BCUT2D eigenvalue weighted by molar-refractivity contribution is 0.289. The van der Waals surface area contributed by atoms with Crippen LogP contribution in [0, 0.1) is 0 Å². The number of nitrogens with zero attached hydrogens (tertiary/aromatic N) is 2. The first kappa shape index (κ1) is 15.9. The topological polar surface area (TPSA) is 18.5 Å². The summed E-state index contributed by atoms with van der Waals surface area (Å²) in [5.74, 6) is 0. The Kier molecular flexibility index (Phi) is 9.99. The van der Waals surface area contributed by atoms with Crippen molar-refractivity contribution in [1.29, 1.82) is 0 Å². The zero-order valence-electron chi connectivity index (χ0n) is 11.9. The second kappa shape index (κ2) is 10.1. The Hall–Kier alpha value is -0.120. The molecule has 0 rings (SSSR count). The van der Waals surface area contributed by atoms with E-state index in [4.69, 9.17) is 0 Å². The molecule has 0 saturated heterocycles. The van der Waals surface area contributed by atoms with E-state index in [1.807, 2.05) is 0 Å². The van der Waals surface area contributed by atoms with Crippen molar-refractivity contribution in [3.63, 3.8) is 0 Å². The third kappa shape index (κ3) is 9.13. The second-order valence-electron chi connectivity index (χ2n) is 4.83. The molecule has 0 fully saturated rings. The van der Waals surface area contributed by atoms with E-state index in [9.17, 15) is 0 Å². The molecular formula is C13H31N3. The molecule has 1 atom stereocenters. The minimum atomic E-state index is 0.649. The van der Waals surface area contributed by atoms with Gasteiger partial charge in [0.1, 0.15) is 0 Å². The van der Waals surface area contributed by atoms with Crippen LogP contribution in [-0.2, 0) is 0 Å². The maximum Gasteiger partial charge on any atom is 0.0101 e. The molecule has 1 unspecified atom stereocenters. The third-order valence-corrected chi connectivity index (χ3v) is 3.06. The van der Waals surface area contributed by atoms with Crippen LogP contribution in [-0.4, -0.2) is 62.7 Å². The van der Waals surface area contributed by atoms with Crippen molar-refractivity contribution >= 4 is 0 Å². The lowest BCUT2D eigenvalue weighted by Gasteiger charge is -2.20. The Balaban J connectivity index is 3.39. The number of nitrogens with one attached hydrogen (secondary N) is 1. The van der Waals surface area contributed by atoms with Gasteiger partial charge in [0.05, 0.1) is 0 Å². The van der Waals surface area contributed by atoms with E-state index in [2.05, 4.69) is 50.0 Å². The zero-order valence-corrected chi connectivity index (χ0v) is 11.9. The van der Waals surface area contributed by atoms with Crippen LogP contribution in [0.2, 0.25) is 0 Å². The Labute approximate surface area is 102 Å². The van der Waals surface area contributed by atoms with E-state index in [-0.39, 0.29) is 0 Å². The average Bonchev–Trinajstić information content (AvgIpc) is 2.24. The minimum Gasteiger partial charge on any atom is -0.313 e. The van der Waals surface area contributed by atoms with Crippen LogP contribution >= 0.6 is 0 Å². The fraction of sp³-hybridized carbons (Fsp3) is 1.00. The van der Waals surface area contributed by atoms with E-state index in [0.29, 0.717) is 6.04 Å². The van der Waals surface area contributed by atoms with E-state index < -0.39 is 0 Å².